The van der Waals surface area contributed by atoms with Gasteiger partial charge < -0.3 is 9.30 Å². The summed E-state index contributed by atoms with van der Waals surface area (Å²) in [6.45, 7) is 0. The Labute approximate surface area is 161 Å². The minimum Gasteiger partial charge on any atom is -0.422 e. The minimum absolute atomic E-state index is 0.0367. The lowest BCUT2D eigenvalue weighted by Gasteiger charge is -2.16. The van der Waals surface area contributed by atoms with E-state index in [1.54, 1.807) is 30.3 Å². The Kier molecular flexibility index (Phi) is 3.69. The van der Waals surface area contributed by atoms with Crippen molar-refractivity contribution >= 4 is 28.7 Å². The molecule has 28 heavy (non-hydrogen) atoms. The number of ether oxygens (including phenoxy) is 1. The maximum absolute atomic E-state index is 12.9. The number of hydrogen-bond donors (Lipinski definition) is 0. The van der Waals surface area contributed by atoms with Gasteiger partial charge in [0.25, 0.3) is 0 Å². The van der Waals surface area contributed by atoms with Crippen LogP contribution in [0.1, 0.15) is 15.9 Å². The fourth-order valence-electron chi connectivity index (χ4n) is 3.54. The molecule has 4 aromatic rings. The first-order valence-corrected chi connectivity index (χ1v) is 8.95. The summed E-state index contributed by atoms with van der Waals surface area (Å²) in [4.78, 5) is 25.3. The minimum atomic E-state index is -0.625. The van der Waals surface area contributed by atoms with E-state index in [1.807, 2.05) is 65.4 Å². The van der Waals surface area contributed by atoms with Crippen LogP contribution < -0.4 is 4.74 Å². The van der Waals surface area contributed by atoms with Crippen molar-refractivity contribution in [2.45, 2.75) is 0 Å². The number of esters is 1. The number of benzene rings is 3. The molecule has 3 aromatic carbocycles. The molecule has 0 atom stereocenters. The predicted molar refractivity (Wildman–Crippen MR) is 108 cm³/mol. The van der Waals surface area contributed by atoms with E-state index in [9.17, 15) is 9.59 Å². The smallest absolute Gasteiger partial charge is 0.347 e. The normalized spacial score (nSPS) is 14.9. The predicted octanol–water partition coefficient (Wildman–Crippen LogP) is 4.82. The first-order valence-electron chi connectivity index (χ1n) is 8.95. The van der Waals surface area contributed by atoms with Crippen LogP contribution >= 0.6 is 0 Å². The van der Waals surface area contributed by atoms with Gasteiger partial charge in [0.2, 0.25) is 5.78 Å². The molecule has 4 nitrogen and oxygen atoms in total. The SMILES string of the molecule is O=C1Oc2ccccc2C(=O)/C1=C/c1cn(-c2ccccc2)c2ccccc12. The molecule has 0 unspecified atom stereocenters. The number of para-hydroxylation sites is 3. The van der Waals surface area contributed by atoms with Crippen molar-refractivity contribution in [2.24, 2.45) is 0 Å². The monoisotopic (exact) mass is 365 g/mol. The Balaban J connectivity index is 1.69. The number of rotatable bonds is 2. The van der Waals surface area contributed by atoms with Gasteiger partial charge >= 0.3 is 5.97 Å². The first kappa shape index (κ1) is 16.3. The molecule has 0 aliphatic carbocycles. The highest BCUT2D eigenvalue weighted by atomic mass is 16.5. The van der Waals surface area contributed by atoms with E-state index in [4.69, 9.17) is 4.74 Å². The zero-order valence-electron chi connectivity index (χ0n) is 14.8. The second kappa shape index (κ2) is 6.35. The zero-order valence-corrected chi connectivity index (χ0v) is 14.8. The van der Waals surface area contributed by atoms with Crippen molar-refractivity contribution in [3.63, 3.8) is 0 Å². The van der Waals surface area contributed by atoms with Crippen LogP contribution in [0.4, 0.5) is 0 Å². The third kappa shape index (κ3) is 2.55. The van der Waals surface area contributed by atoms with Gasteiger partial charge in [-0.25, -0.2) is 4.79 Å². The summed E-state index contributed by atoms with van der Waals surface area (Å²) >= 11 is 0. The van der Waals surface area contributed by atoms with Crippen LogP contribution in [0.2, 0.25) is 0 Å². The molecule has 0 saturated carbocycles. The molecule has 0 spiro atoms. The summed E-state index contributed by atoms with van der Waals surface area (Å²) in [6.07, 6.45) is 3.57. The topological polar surface area (TPSA) is 48.3 Å². The van der Waals surface area contributed by atoms with Gasteiger partial charge in [0.1, 0.15) is 11.3 Å². The molecule has 1 aliphatic rings. The van der Waals surface area contributed by atoms with Crippen LogP contribution in [-0.4, -0.2) is 16.3 Å². The summed E-state index contributed by atoms with van der Waals surface area (Å²) in [5, 5.41) is 0.957. The van der Waals surface area contributed by atoms with E-state index in [-0.39, 0.29) is 11.4 Å². The van der Waals surface area contributed by atoms with E-state index in [1.165, 1.54) is 0 Å². The maximum atomic E-state index is 12.9. The van der Waals surface area contributed by atoms with Gasteiger partial charge in [-0.15, -0.1) is 0 Å². The highest BCUT2D eigenvalue weighted by Crippen LogP contribution is 2.31. The number of nitrogens with zero attached hydrogens (tertiary/aromatic N) is 1. The Bertz CT molecular complexity index is 1270. The molecule has 0 saturated heterocycles. The molecule has 4 heteroatoms. The summed E-state index contributed by atoms with van der Waals surface area (Å²) < 4.78 is 7.41. The van der Waals surface area contributed by atoms with Crippen LogP contribution in [0.15, 0.2) is 90.6 Å². The Hall–Kier alpha value is -3.92. The zero-order chi connectivity index (χ0) is 19.1. The number of fused-ring (bicyclic) bond motifs is 2. The number of carbonyl (C=O) groups excluding carboxylic acids is 2. The van der Waals surface area contributed by atoms with E-state index < -0.39 is 5.97 Å². The van der Waals surface area contributed by atoms with Crippen LogP contribution in [0.5, 0.6) is 5.75 Å². The van der Waals surface area contributed by atoms with Gasteiger partial charge in [0.15, 0.2) is 0 Å². The van der Waals surface area contributed by atoms with E-state index in [2.05, 4.69) is 0 Å². The van der Waals surface area contributed by atoms with Crippen molar-refractivity contribution < 1.29 is 14.3 Å². The molecule has 0 fully saturated rings. The molecule has 0 bridgehead atoms. The molecule has 0 radical (unpaired) electrons. The fraction of sp³-hybridized carbons (Fsp3) is 0. The lowest BCUT2D eigenvalue weighted by molar-refractivity contribution is -0.130. The van der Waals surface area contributed by atoms with E-state index in [0.717, 1.165) is 22.2 Å². The standard InChI is InChI=1S/C24H15NO3/c26-23-19-11-5-7-13-22(19)28-24(27)20(23)14-16-15-25(17-8-2-1-3-9-17)21-12-6-4-10-18(16)21/h1-15H/b20-14-. The van der Waals surface area contributed by atoms with Crippen LogP contribution in [0.3, 0.4) is 0 Å². The lowest BCUT2D eigenvalue weighted by atomic mass is 9.98. The number of hydrogen-bond acceptors (Lipinski definition) is 3. The first-order chi connectivity index (χ1) is 13.7. The summed E-state index contributed by atoms with van der Waals surface area (Å²) in [5.74, 6) is -0.634. The molecule has 2 heterocycles. The van der Waals surface area contributed by atoms with Gasteiger partial charge in [-0.2, -0.15) is 0 Å². The molecule has 1 aromatic heterocycles. The number of aromatic nitrogens is 1. The number of ketones is 1. The highest BCUT2D eigenvalue weighted by Gasteiger charge is 2.30. The second-order valence-electron chi connectivity index (χ2n) is 6.58. The Morgan fingerprint density at radius 3 is 2.36 bits per heavy atom. The average molecular weight is 365 g/mol. The summed E-state index contributed by atoms with van der Waals surface area (Å²) in [6, 6.07) is 24.6. The molecular weight excluding hydrogens is 350 g/mol. The highest BCUT2D eigenvalue weighted by molar-refractivity contribution is 6.30. The van der Waals surface area contributed by atoms with Crippen molar-refractivity contribution in [1.82, 2.24) is 4.57 Å². The quantitative estimate of drug-likeness (QED) is 0.222. The van der Waals surface area contributed by atoms with Crippen molar-refractivity contribution in [1.29, 1.82) is 0 Å². The van der Waals surface area contributed by atoms with Gasteiger partial charge in [-0.3, -0.25) is 4.79 Å². The lowest BCUT2D eigenvalue weighted by Crippen LogP contribution is -2.24. The van der Waals surface area contributed by atoms with E-state index in [0.29, 0.717) is 11.3 Å². The average Bonchev–Trinajstić information content (AvgIpc) is 3.10. The second-order valence-corrected chi connectivity index (χ2v) is 6.58. The van der Waals surface area contributed by atoms with Crippen LogP contribution in [0.25, 0.3) is 22.7 Å². The number of Topliss-reactive ketones (excluding diaryl/α,β-unsaturated/α-hetero) is 1. The fourth-order valence-corrected chi connectivity index (χ4v) is 3.54. The van der Waals surface area contributed by atoms with Gasteiger partial charge in [-0.1, -0.05) is 48.5 Å². The Morgan fingerprint density at radius 2 is 1.50 bits per heavy atom. The van der Waals surface area contributed by atoms with Crippen molar-refractivity contribution in [3.05, 3.63) is 102 Å². The third-order valence-corrected chi connectivity index (χ3v) is 4.88. The summed E-state index contributed by atoms with van der Waals surface area (Å²) in [7, 11) is 0. The van der Waals surface area contributed by atoms with Gasteiger partial charge in [0, 0.05) is 22.8 Å². The van der Waals surface area contributed by atoms with Gasteiger partial charge in [0.05, 0.1) is 11.1 Å². The molecule has 5 rings (SSSR count). The van der Waals surface area contributed by atoms with E-state index >= 15 is 0 Å². The third-order valence-electron chi connectivity index (χ3n) is 4.88. The molecule has 0 N–H and O–H groups in total. The van der Waals surface area contributed by atoms with Crippen molar-refractivity contribution in [3.8, 4) is 11.4 Å². The number of carbonyl (C=O) groups is 2. The molecule has 1 aliphatic heterocycles. The molecule has 0 amide bonds. The molecular formula is C24H15NO3. The Morgan fingerprint density at radius 1 is 0.786 bits per heavy atom. The van der Waals surface area contributed by atoms with Crippen LogP contribution in [-0.2, 0) is 4.79 Å². The molecule has 134 valence electrons. The largest absolute Gasteiger partial charge is 0.422 e. The van der Waals surface area contributed by atoms with Crippen molar-refractivity contribution in [2.75, 3.05) is 0 Å². The summed E-state index contributed by atoms with van der Waals surface area (Å²) in [5.41, 5.74) is 3.23. The van der Waals surface area contributed by atoms with Crippen LogP contribution in [0, 0.1) is 0 Å². The maximum Gasteiger partial charge on any atom is 0.347 e. The van der Waals surface area contributed by atoms with Gasteiger partial charge in [-0.05, 0) is 36.4 Å².